The normalized spacial score (nSPS) is 27.8. The van der Waals surface area contributed by atoms with E-state index in [0.29, 0.717) is 36.3 Å². The first-order valence-electron chi connectivity index (χ1n) is 8.43. The van der Waals surface area contributed by atoms with Crippen LogP contribution in [0.5, 0.6) is 0 Å². The Morgan fingerprint density at radius 3 is 2.40 bits per heavy atom. The topological polar surface area (TPSA) is 64.9 Å². The molecule has 1 heterocycles. The summed E-state index contributed by atoms with van der Waals surface area (Å²) >= 11 is 6.00. The van der Waals surface area contributed by atoms with Crippen molar-refractivity contribution in [3.63, 3.8) is 0 Å². The lowest BCUT2D eigenvalue weighted by Gasteiger charge is -2.47. The van der Waals surface area contributed by atoms with Crippen molar-refractivity contribution >= 4 is 23.2 Å². The summed E-state index contributed by atoms with van der Waals surface area (Å²) in [5, 5.41) is 17.0. The van der Waals surface area contributed by atoms with Gasteiger partial charge in [-0.05, 0) is 49.4 Å². The highest BCUT2D eigenvalue weighted by molar-refractivity contribution is 6.31. The van der Waals surface area contributed by atoms with Gasteiger partial charge in [0.25, 0.3) is 5.91 Å². The number of nitriles is 1. The Hall–Kier alpha value is -2.51. The molecule has 1 saturated carbocycles. The van der Waals surface area contributed by atoms with Gasteiger partial charge in [0.05, 0.1) is 17.0 Å². The monoisotopic (exact) mass is 351 g/mol. The van der Waals surface area contributed by atoms with E-state index in [1.54, 1.807) is 12.1 Å². The molecule has 2 aromatic carbocycles. The van der Waals surface area contributed by atoms with E-state index in [0.717, 1.165) is 11.3 Å². The predicted octanol–water partition coefficient (Wildman–Crippen LogP) is 4.23. The molecule has 0 unspecified atom stereocenters. The van der Waals surface area contributed by atoms with E-state index >= 15 is 0 Å². The summed E-state index contributed by atoms with van der Waals surface area (Å²) in [7, 11) is 0. The molecule has 0 atom stereocenters. The summed E-state index contributed by atoms with van der Waals surface area (Å²) in [6, 6.07) is 17.8. The molecule has 0 radical (unpaired) electrons. The van der Waals surface area contributed by atoms with Crippen molar-refractivity contribution in [3.05, 3.63) is 64.7 Å². The molecule has 25 heavy (non-hydrogen) atoms. The number of nitrogens with zero attached hydrogens (tertiary/aromatic N) is 1. The summed E-state index contributed by atoms with van der Waals surface area (Å²) < 4.78 is 0. The summed E-state index contributed by atoms with van der Waals surface area (Å²) in [4.78, 5) is 12.5. The molecule has 0 bridgehead atoms. The average molecular weight is 352 g/mol. The number of carbonyl (C=O) groups excluding carboxylic acids is 1. The zero-order valence-electron chi connectivity index (χ0n) is 13.7. The minimum atomic E-state index is -0.493. The van der Waals surface area contributed by atoms with Gasteiger partial charge in [-0.3, -0.25) is 4.79 Å². The first-order valence-corrected chi connectivity index (χ1v) is 8.81. The predicted molar refractivity (Wildman–Crippen MR) is 97.5 cm³/mol. The number of anilines is 1. The zero-order valence-corrected chi connectivity index (χ0v) is 14.4. The molecule has 1 amide bonds. The molecule has 2 aliphatic rings. The van der Waals surface area contributed by atoms with E-state index in [4.69, 9.17) is 11.6 Å². The maximum atomic E-state index is 12.5. The highest BCUT2D eigenvalue weighted by Gasteiger charge is 2.46. The highest BCUT2D eigenvalue weighted by Crippen LogP contribution is 2.44. The van der Waals surface area contributed by atoms with Gasteiger partial charge in [0.2, 0.25) is 0 Å². The van der Waals surface area contributed by atoms with Gasteiger partial charge in [-0.15, -0.1) is 0 Å². The smallest absolute Gasteiger partial charge is 0.255 e. The van der Waals surface area contributed by atoms with Gasteiger partial charge in [0.1, 0.15) is 5.66 Å². The third-order valence-corrected chi connectivity index (χ3v) is 5.69. The lowest BCUT2D eigenvalue weighted by Crippen LogP contribution is -2.60. The minimum Gasteiger partial charge on any atom is -0.362 e. The third-order valence-electron chi connectivity index (χ3n) is 5.45. The van der Waals surface area contributed by atoms with Crippen LogP contribution in [0.25, 0.3) is 0 Å². The fraction of sp³-hybridized carbons (Fsp3) is 0.300. The first-order chi connectivity index (χ1) is 12.1. The fourth-order valence-electron chi connectivity index (χ4n) is 3.96. The van der Waals surface area contributed by atoms with Gasteiger partial charge in [0.15, 0.2) is 0 Å². The third kappa shape index (κ3) is 2.65. The van der Waals surface area contributed by atoms with E-state index in [1.807, 2.05) is 36.4 Å². The van der Waals surface area contributed by atoms with E-state index in [9.17, 15) is 10.1 Å². The van der Waals surface area contributed by atoms with Crippen LogP contribution in [-0.2, 0) is 5.41 Å². The number of rotatable bonds is 1. The number of nitrogens with one attached hydrogen (secondary N) is 2. The number of amides is 1. The number of hydrogen-bond donors (Lipinski definition) is 2. The largest absolute Gasteiger partial charge is 0.362 e. The zero-order chi connectivity index (χ0) is 17.5. The Morgan fingerprint density at radius 1 is 1.00 bits per heavy atom. The molecule has 0 aromatic heterocycles. The molecule has 2 aromatic rings. The van der Waals surface area contributed by atoms with E-state index in [-0.39, 0.29) is 5.91 Å². The molecule has 0 saturated heterocycles. The molecule has 5 heteroatoms. The molecule has 1 aliphatic heterocycles. The highest BCUT2D eigenvalue weighted by atomic mass is 35.5. The van der Waals surface area contributed by atoms with Gasteiger partial charge in [-0.25, -0.2) is 0 Å². The molecule has 4 rings (SSSR count). The van der Waals surface area contributed by atoms with Crippen LogP contribution in [0, 0.1) is 11.3 Å². The second-order valence-corrected chi connectivity index (χ2v) is 7.35. The van der Waals surface area contributed by atoms with E-state index in [1.165, 1.54) is 0 Å². The Balaban J connectivity index is 1.61. The average Bonchev–Trinajstić information content (AvgIpc) is 2.64. The lowest BCUT2D eigenvalue weighted by atomic mass is 9.67. The van der Waals surface area contributed by atoms with E-state index in [2.05, 4.69) is 16.7 Å². The molecule has 1 fully saturated rings. The maximum absolute atomic E-state index is 12.5. The van der Waals surface area contributed by atoms with Crippen molar-refractivity contribution < 1.29 is 4.79 Å². The quantitative estimate of drug-likeness (QED) is 0.808. The Morgan fingerprint density at radius 2 is 1.72 bits per heavy atom. The van der Waals surface area contributed by atoms with Gasteiger partial charge in [-0.2, -0.15) is 5.26 Å². The molecule has 2 N–H and O–H groups in total. The van der Waals surface area contributed by atoms with Crippen molar-refractivity contribution in [2.75, 3.05) is 5.32 Å². The molecule has 126 valence electrons. The van der Waals surface area contributed by atoms with Crippen molar-refractivity contribution in [1.29, 1.82) is 5.26 Å². The van der Waals surface area contributed by atoms with Crippen LogP contribution in [-0.4, -0.2) is 11.6 Å². The summed E-state index contributed by atoms with van der Waals surface area (Å²) in [6.07, 6.45) is 2.79. The SMILES string of the molecule is N#CC1(c2ccccc2)CCC2(CC1)NC(=O)c1cc(Cl)ccc1N2. The molecule has 1 aliphatic carbocycles. The van der Waals surface area contributed by atoms with Gasteiger partial charge in [0, 0.05) is 10.7 Å². The maximum Gasteiger partial charge on any atom is 0.255 e. The van der Waals surface area contributed by atoms with Crippen LogP contribution in [0.4, 0.5) is 5.69 Å². The van der Waals surface area contributed by atoms with Gasteiger partial charge in [-0.1, -0.05) is 41.9 Å². The van der Waals surface area contributed by atoms with Gasteiger partial charge >= 0.3 is 0 Å². The fourth-order valence-corrected chi connectivity index (χ4v) is 4.13. The Labute approximate surface area is 151 Å². The van der Waals surface area contributed by atoms with Crippen molar-refractivity contribution in [1.82, 2.24) is 5.32 Å². The van der Waals surface area contributed by atoms with Crippen LogP contribution in [0.15, 0.2) is 48.5 Å². The number of hydrogen-bond acceptors (Lipinski definition) is 3. The molecular weight excluding hydrogens is 334 g/mol. The summed E-state index contributed by atoms with van der Waals surface area (Å²) in [6.45, 7) is 0. The summed E-state index contributed by atoms with van der Waals surface area (Å²) in [5.41, 5.74) is 1.45. The second-order valence-electron chi connectivity index (χ2n) is 6.91. The summed E-state index contributed by atoms with van der Waals surface area (Å²) in [5.74, 6) is -0.111. The molecule has 4 nitrogen and oxygen atoms in total. The van der Waals surface area contributed by atoms with E-state index < -0.39 is 11.1 Å². The molecular formula is C20H18ClN3O. The minimum absolute atomic E-state index is 0.111. The van der Waals surface area contributed by atoms with Crippen LogP contribution in [0.2, 0.25) is 5.02 Å². The van der Waals surface area contributed by atoms with Crippen LogP contribution < -0.4 is 10.6 Å². The lowest BCUT2D eigenvalue weighted by molar-refractivity contribution is 0.0861. The standard InChI is InChI=1S/C20H18ClN3O/c21-15-6-7-17-16(12-15)18(25)24-20(23-17)10-8-19(13-22,9-11-20)14-4-2-1-3-5-14/h1-7,12,23H,8-11H2,(H,24,25). The van der Waals surface area contributed by atoms with Crippen LogP contribution in [0.3, 0.4) is 0 Å². The van der Waals surface area contributed by atoms with Crippen LogP contribution in [0.1, 0.15) is 41.6 Å². The second kappa shape index (κ2) is 5.79. The molecule has 1 spiro atoms. The number of halogens is 1. The van der Waals surface area contributed by atoms with Crippen molar-refractivity contribution in [2.45, 2.75) is 36.8 Å². The Kier molecular flexibility index (Phi) is 3.70. The van der Waals surface area contributed by atoms with Crippen molar-refractivity contribution in [3.8, 4) is 6.07 Å². The van der Waals surface area contributed by atoms with Crippen molar-refractivity contribution in [2.24, 2.45) is 0 Å². The Bertz CT molecular complexity index is 864. The van der Waals surface area contributed by atoms with Gasteiger partial charge < -0.3 is 10.6 Å². The number of fused-ring (bicyclic) bond motifs is 1. The number of carbonyl (C=O) groups is 1. The number of benzene rings is 2. The first kappa shape index (κ1) is 16.0. The van der Waals surface area contributed by atoms with Crippen LogP contribution >= 0.6 is 11.6 Å².